The largest absolute Gasteiger partial charge is 0.507 e. The fourth-order valence-corrected chi connectivity index (χ4v) is 3.45. The van der Waals surface area contributed by atoms with Crippen molar-refractivity contribution in [3.05, 3.63) is 103 Å². The number of nitro groups is 1. The maximum absolute atomic E-state index is 11.2. The number of carboxylic acid groups (broad SMARTS) is 4. The van der Waals surface area contributed by atoms with Gasteiger partial charge in [-0.05, 0) is 36.8 Å². The first-order valence-electron chi connectivity index (χ1n) is 13.5. The molecule has 0 bridgehead atoms. The van der Waals surface area contributed by atoms with E-state index in [4.69, 9.17) is 24.8 Å². The van der Waals surface area contributed by atoms with E-state index in [2.05, 4.69) is 12.2 Å². The van der Waals surface area contributed by atoms with Crippen LogP contribution in [0.1, 0.15) is 65.1 Å². The standard InChI is InChI=1S/C11H14O4.C10H9NO5.C9H8N2O5/c1-2-3-4-5-8-6-7-9(10(12)13)11(14)15-8;12-8-4-2-1-3-6(8)5-7(9(13)14)11-10(15)16;1-5(12)10-8-3-2-6(11(15)16)4-7(8)9(13)14/h6-7H,2-5H2,1H3,(H,12,13);1-5,11-12H,(H,13,14)(H,15,16);2-4H,1H3,(H,10,12)(H,13,14). The van der Waals surface area contributed by atoms with Gasteiger partial charge in [-0.25, -0.2) is 24.0 Å². The number of anilines is 1. The molecular formula is C30H31N3O14. The van der Waals surface area contributed by atoms with Crippen LogP contribution in [-0.4, -0.2) is 60.4 Å². The summed E-state index contributed by atoms with van der Waals surface area (Å²) >= 11 is 0. The Labute approximate surface area is 265 Å². The number of para-hydroxylation sites is 1. The number of carbonyl (C=O) groups excluding carboxylic acids is 1. The van der Waals surface area contributed by atoms with Crippen LogP contribution >= 0.6 is 0 Å². The molecule has 0 fully saturated rings. The maximum Gasteiger partial charge on any atom is 0.409 e. The van der Waals surface area contributed by atoms with E-state index in [1.165, 1.54) is 31.2 Å². The number of hydrogen-bond acceptors (Lipinski definition) is 10. The Morgan fingerprint density at radius 1 is 0.915 bits per heavy atom. The van der Waals surface area contributed by atoms with Gasteiger partial charge in [0.15, 0.2) is 0 Å². The van der Waals surface area contributed by atoms with Crippen molar-refractivity contribution < 1.29 is 58.8 Å². The number of nitrogens with zero attached hydrogens (tertiary/aromatic N) is 1. The van der Waals surface area contributed by atoms with Gasteiger partial charge in [-0.3, -0.25) is 20.2 Å². The number of benzene rings is 2. The van der Waals surface area contributed by atoms with Crippen LogP contribution in [0.4, 0.5) is 16.2 Å². The van der Waals surface area contributed by atoms with E-state index in [0.29, 0.717) is 12.2 Å². The summed E-state index contributed by atoms with van der Waals surface area (Å²) in [5, 5.41) is 58.3. The molecule has 1 aromatic heterocycles. The average molecular weight is 658 g/mol. The number of aryl methyl sites for hydroxylation is 1. The summed E-state index contributed by atoms with van der Waals surface area (Å²) in [4.78, 5) is 74.0. The molecule has 0 saturated carbocycles. The van der Waals surface area contributed by atoms with Crippen LogP contribution in [0.15, 0.2) is 69.5 Å². The third-order valence-electron chi connectivity index (χ3n) is 5.60. The summed E-state index contributed by atoms with van der Waals surface area (Å²) in [7, 11) is 0. The molecule has 1 heterocycles. The zero-order valence-corrected chi connectivity index (χ0v) is 25.0. The second kappa shape index (κ2) is 19.0. The second-order valence-electron chi connectivity index (χ2n) is 9.19. The van der Waals surface area contributed by atoms with Crippen molar-refractivity contribution in [1.29, 1.82) is 0 Å². The van der Waals surface area contributed by atoms with Crippen LogP contribution in [0.25, 0.3) is 6.08 Å². The summed E-state index contributed by atoms with van der Waals surface area (Å²) in [6, 6.07) is 12.0. The fraction of sp³-hybridized carbons (Fsp3) is 0.200. The minimum atomic E-state index is -1.48. The van der Waals surface area contributed by atoms with Gasteiger partial charge in [0.2, 0.25) is 5.91 Å². The van der Waals surface area contributed by atoms with Crippen LogP contribution in [-0.2, 0) is 16.0 Å². The Balaban J connectivity index is 0.000000353. The number of carbonyl (C=O) groups is 5. The first kappa shape index (κ1) is 38.5. The van der Waals surface area contributed by atoms with E-state index in [-0.39, 0.29) is 33.8 Å². The molecule has 0 aliphatic rings. The van der Waals surface area contributed by atoms with E-state index in [0.717, 1.165) is 37.5 Å². The molecular weight excluding hydrogens is 626 g/mol. The molecule has 0 unspecified atom stereocenters. The molecule has 17 heteroatoms. The van der Waals surface area contributed by atoms with Crippen LogP contribution in [0, 0.1) is 10.1 Å². The first-order valence-corrected chi connectivity index (χ1v) is 13.5. The number of nitro benzene ring substituents is 1. The van der Waals surface area contributed by atoms with E-state index in [1.54, 1.807) is 23.5 Å². The molecule has 3 aromatic rings. The lowest BCUT2D eigenvalue weighted by molar-refractivity contribution is -0.384. The van der Waals surface area contributed by atoms with E-state index < -0.39 is 46.2 Å². The van der Waals surface area contributed by atoms with Gasteiger partial charge in [-0.2, -0.15) is 0 Å². The topological polar surface area (TPSA) is 284 Å². The smallest absolute Gasteiger partial charge is 0.409 e. The Kier molecular flexibility index (Phi) is 15.6. The van der Waals surface area contributed by atoms with Gasteiger partial charge >= 0.3 is 29.6 Å². The van der Waals surface area contributed by atoms with Gasteiger partial charge in [0.05, 0.1) is 16.2 Å². The number of aromatic hydroxyl groups is 1. The van der Waals surface area contributed by atoms with Crippen molar-refractivity contribution in [2.75, 3.05) is 5.32 Å². The Hall–Kier alpha value is -6.52. The first-order chi connectivity index (χ1) is 22.1. The second-order valence-corrected chi connectivity index (χ2v) is 9.19. The zero-order valence-electron chi connectivity index (χ0n) is 25.0. The van der Waals surface area contributed by atoms with E-state index in [1.807, 2.05) is 0 Å². The van der Waals surface area contributed by atoms with Gasteiger partial charge in [0.25, 0.3) is 5.69 Å². The van der Waals surface area contributed by atoms with Gasteiger partial charge in [-0.15, -0.1) is 0 Å². The summed E-state index contributed by atoms with van der Waals surface area (Å²) in [6.45, 7) is 3.30. The number of hydrogen-bond donors (Lipinski definition) is 7. The molecule has 3 rings (SSSR count). The van der Waals surface area contributed by atoms with Crippen LogP contribution < -0.4 is 16.3 Å². The molecule has 0 radical (unpaired) electrons. The Bertz CT molecular complexity index is 1710. The number of unbranched alkanes of at least 4 members (excludes halogenated alkanes) is 2. The number of amides is 2. The van der Waals surface area contributed by atoms with Crippen molar-refractivity contribution in [3.63, 3.8) is 0 Å². The van der Waals surface area contributed by atoms with Crippen LogP contribution in [0.2, 0.25) is 0 Å². The molecule has 47 heavy (non-hydrogen) atoms. The predicted molar refractivity (Wildman–Crippen MR) is 164 cm³/mol. The summed E-state index contributed by atoms with van der Waals surface area (Å²) in [6.07, 6.45) is 3.35. The number of aliphatic carboxylic acids is 1. The summed E-state index contributed by atoms with van der Waals surface area (Å²) in [5.74, 6) is -4.04. The molecule has 2 amide bonds. The monoisotopic (exact) mass is 657 g/mol. The number of rotatable bonds is 11. The number of carboxylic acids is 3. The van der Waals surface area contributed by atoms with Gasteiger partial charge in [0, 0.05) is 31.0 Å². The molecule has 7 N–H and O–H groups in total. The summed E-state index contributed by atoms with van der Waals surface area (Å²) < 4.78 is 4.88. The lowest BCUT2D eigenvalue weighted by Crippen LogP contribution is -2.25. The lowest BCUT2D eigenvalue weighted by Gasteiger charge is -2.05. The van der Waals surface area contributed by atoms with Gasteiger partial charge in [0.1, 0.15) is 22.8 Å². The fourth-order valence-electron chi connectivity index (χ4n) is 3.45. The van der Waals surface area contributed by atoms with Crippen LogP contribution in [0.5, 0.6) is 5.75 Å². The van der Waals surface area contributed by atoms with Gasteiger partial charge < -0.3 is 35.3 Å². The molecule has 17 nitrogen and oxygen atoms in total. The number of phenolic OH excluding ortho intramolecular Hbond substituents is 1. The third kappa shape index (κ3) is 13.8. The van der Waals surface area contributed by atoms with Gasteiger partial charge in [-0.1, -0.05) is 38.0 Å². The van der Waals surface area contributed by atoms with Crippen molar-refractivity contribution in [1.82, 2.24) is 5.32 Å². The number of nitrogens with one attached hydrogen (secondary N) is 2. The SMILES string of the molecule is CC(=O)Nc1ccc([N+](=O)[O-])cc1C(=O)O.CCCCCc1ccc(C(=O)O)c(=O)o1.O=C(O)NC(=Cc1ccccc1O)C(=O)O. The predicted octanol–water partition coefficient (Wildman–Crippen LogP) is 4.41. The molecule has 0 aliphatic heterocycles. The average Bonchev–Trinajstić information content (AvgIpc) is 2.98. The third-order valence-corrected chi connectivity index (χ3v) is 5.60. The molecule has 0 atom stereocenters. The maximum atomic E-state index is 11.2. The Morgan fingerprint density at radius 3 is 2.04 bits per heavy atom. The molecule has 2 aromatic carbocycles. The van der Waals surface area contributed by atoms with Crippen LogP contribution in [0.3, 0.4) is 0 Å². The number of non-ortho nitro benzene ring substituents is 1. The molecule has 0 aliphatic carbocycles. The van der Waals surface area contributed by atoms with Crippen molar-refractivity contribution in [2.45, 2.75) is 39.5 Å². The highest BCUT2D eigenvalue weighted by molar-refractivity contribution is 6.00. The molecule has 0 spiro atoms. The Morgan fingerprint density at radius 2 is 1.55 bits per heavy atom. The van der Waals surface area contributed by atoms with Crippen molar-refractivity contribution in [2.24, 2.45) is 0 Å². The van der Waals surface area contributed by atoms with Crippen molar-refractivity contribution in [3.8, 4) is 5.75 Å². The highest BCUT2D eigenvalue weighted by atomic mass is 16.6. The highest BCUT2D eigenvalue weighted by Gasteiger charge is 2.16. The summed E-state index contributed by atoms with van der Waals surface area (Å²) in [5.41, 5.74) is -2.02. The normalized spacial score (nSPS) is 10.2. The minimum Gasteiger partial charge on any atom is -0.507 e. The van der Waals surface area contributed by atoms with Crippen molar-refractivity contribution >= 4 is 47.4 Å². The number of aromatic carboxylic acids is 2. The quantitative estimate of drug-likeness (QED) is 0.0651. The lowest BCUT2D eigenvalue weighted by atomic mass is 10.1. The molecule has 0 saturated heterocycles. The highest BCUT2D eigenvalue weighted by Crippen LogP contribution is 2.22. The zero-order chi connectivity index (χ0) is 35.7. The van der Waals surface area contributed by atoms with E-state index in [9.17, 15) is 44.0 Å². The molecule has 250 valence electrons. The minimum absolute atomic E-state index is 0.0330. The number of phenols is 1. The van der Waals surface area contributed by atoms with E-state index >= 15 is 0 Å².